The van der Waals surface area contributed by atoms with Crippen molar-refractivity contribution in [1.29, 1.82) is 0 Å². The van der Waals surface area contributed by atoms with Crippen LogP contribution < -0.4 is 0 Å². The summed E-state index contributed by atoms with van der Waals surface area (Å²) in [5.74, 6) is -1.01. The zero-order valence-electron chi connectivity index (χ0n) is 7.52. The third kappa shape index (κ3) is 1.38. The molecule has 2 rings (SSSR count). The lowest BCUT2D eigenvalue weighted by molar-refractivity contribution is -0.207. The van der Waals surface area contributed by atoms with Gasteiger partial charge in [-0.25, -0.2) is 0 Å². The van der Waals surface area contributed by atoms with Gasteiger partial charge in [0.05, 0.1) is 6.61 Å². The van der Waals surface area contributed by atoms with Crippen molar-refractivity contribution in [2.24, 2.45) is 0 Å². The van der Waals surface area contributed by atoms with Gasteiger partial charge in [-0.2, -0.15) is 0 Å². The lowest BCUT2D eigenvalue weighted by atomic mass is 10.2. The Labute approximate surface area is 75.6 Å². The van der Waals surface area contributed by atoms with E-state index >= 15 is 0 Å². The Morgan fingerprint density at radius 2 is 2.15 bits per heavy atom. The van der Waals surface area contributed by atoms with Crippen molar-refractivity contribution < 1.29 is 24.1 Å². The Morgan fingerprint density at radius 1 is 1.46 bits per heavy atom. The summed E-state index contributed by atoms with van der Waals surface area (Å²) in [7, 11) is 0. The van der Waals surface area contributed by atoms with Gasteiger partial charge < -0.3 is 19.3 Å². The number of carbonyl (C=O) groups is 1. The number of aliphatic hydroxyl groups excluding tert-OH is 1. The molecule has 0 amide bonds. The minimum Gasteiger partial charge on any atom is -0.393 e. The van der Waals surface area contributed by atoms with Crippen LogP contribution in [0.15, 0.2) is 0 Å². The van der Waals surface area contributed by atoms with Gasteiger partial charge in [-0.05, 0) is 13.8 Å². The number of fused-ring (bicyclic) bond motifs is 1. The summed E-state index contributed by atoms with van der Waals surface area (Å²) < 4.78 is 15.7. The van der Waals surface area contributed by atoms with E-state index in [1.165, 1.54) is 0 Å². The van der Waals surface area contributed by atoms with E-state index < -0.39 is 24.3 Å². The van der Waals surface area contributed by atoms with Gasteiger partial charge in [-0.1, -0.05) is 0 Å². The summed E-state index contributed by atoms with van der Waals surface area (Å²) in [5, 5.41) is 8.76. The summed E-state index contributed by atoms with van der Waals surface area (Å²) in [5.41, 5.74) is 0. The molecule has 2 saturated heterocycles. The monoisotopic (exact) mass is 188 g/mol. The molecule has 0 spiro atoms. The van der Waals surface area contributed by atoms with Gasteiger partial charge in [-0.3, -0.25) is 4.79 Å². The number of ether oxygens (including phenoxy) is 3. The molecule has 0 unspecified atom stereocenters. The average Bonchev–Trinajstić information content (AvgIpc) is 2.47. The van der Waals surface area contributed by atoms with Crippen LogP contribution in [0.4, 0.5) is 0 Å². The van der Waals surface area contributed by atoms with Crippen LogP contribution in [-0.4, -0.2) is 41.8 Å². The molecule has 2 fully saturated rings. The highest BCUT2D eigenvalue weighted by Gasteiger charge is 2.53. The minimum absolute atomic E-state index is 0.238. The van der Waals surface area contributed by atoms with Crippen LogP contribution in [0.25, 0.3) is 0 Å². The van der Waals surface area contributed by atoms with Gasteiger partial charge in [0.25, 0.3) is 0 Å². The number of hydrogen-bond donors (Lipinski definition) is 1. The second kappa shape index (κ2) is 2.75. The average molecular weight is 188 g/mol. The maximum atomic E-state index is 11.4. The van der Waals surface area contributed by atoms with Crippen LogP contribution in [0.1, 0.15) is 13.8 Å². The highest BCUT2D eigenvalue weighted by Crippen LogP contribution is 2.34. The third-order valence-electron chi connectivity index (χ3n) is 2.12. The lowest BCUT2D eigenvalue weighted by Crippen LogP contribution is -2.31. The molecule has 2 heterocycles. The molecule has 5 heteroatoms. The van der Waals surface area contributed by atoms with Gasteiger partial charge in [0, 0.05) is 0 Å². The molecule has 0 aromatic heterocycles. The standard InChI is InChI=1S/C8H12O5/c1-8(2)12-6-5(10)4(3-9)11-7(6)13-8/h4,6-7,9H,3H2,1-2H3/t4-,6-,7-/m1/s1. The molecule has 2 aliphatic heterocycles. The zero-order chi connectivity index (χ0) is 9.64. The Kier molecular flexibility index (Phi) is 1.92. The molecule has 3 atom stereocenters. The Hall–Kier alpha value is -0.490. The van der Waals surface area contributed by atoms with E-state index in [-0.39, 0.29) is 12.4 Å². The van der Waals surface area contributed by atoms with Crippen LogP contribution in [0, 0.1) is 0 Å². The molecule has 74 valence electrons. The fourth-order valence-electron chi connectivity index (χ4n) is 1.57. The van der Waals surface area contributed by atoms with E-state index in [1.54, 1.807) is 13.8 Å². The second-order valence-corrected chi connectivity index (χ2v) is 3.63. The summed E-state index contributed by atoms with van der Waals surface area (Å²) in [6.45, 7) is 3.12. The second-order valence-electron chi connectivity index (χ2n) is 3.63. The summed E-state index contributed by atoms with van der Waals surface area (Å²) in [6.07, 6.45) is -2.11. The van der Waals surface area contributed by atoms with Gasteiger partial charge in [0.15, 0.2) is 24.0 Å². The van der Waals surface area contributed by atoms with Crippen molar-refractivity contribution >= 4 is 5.78 Å². The van der Waals surface area contributed by atoms with E-state index in [2.05, 4.69) is 0 Å². The van der Waals surface area contributed by atoms with Gasteiger partial charge >= 0.3 is 0 Å². The normalized spacial score (nSPS) is 42.4. The largest absolute Gasteiger partial charge is 0.393 e. The topological polar surface area (TPSA) is 65.0 Å². The number of Topliss-reactive ketones (excluding diaryl/α,β-unsaturated/α-hetero) is 1. The molecule has 1 N–H and O–H groups in total. The minimum atomic E-state index is -0.786. The van der Waals surface area contributed by atoms with Crippen LogP contribution in [0.5, 0.6) is 0 Å². The molecule has 13 heavy (non-hydrogen) atoms. The molecular weight excluding hydrogens is 176 g/mol. The fraction of sp³-hybridized carbons (Fsp3) is 0.875. The fourth-order valence-corrected chi connectivity index (χ4v) is 1.57. The molecular formula is C8H12O5. The highest BCUT2D eigenvalue weighted by molar-refractivity contribution is 5.90. The first-order valence-electron chi connectivity index (χ1n) is 4.19. The SMILES string of the molecule is CC1(C)O[C@H]2O[C@H](CO)C(=O)[C@H]2O1. The van der Waals surface area contributed by atoms with Crippen molar-refractivity contribution in [3.8, 4) is 0 Å². The summed E-state index contributed by atoms with van der Waals surface area (Å²) in [4.78, 5) is 11.4. The molecule has 0 bridgehead atoms. The maximum absolute atomic E-state index is 11.4. The number of hydrogen-bond acceptors (Lipinski definition) is 5. The molecule has 0 radical (unpaired) electrons. The lowest BCUT2D eigenvalue weighted by Gasteiger charge is -2.18. The number of rotatable bonds is 1. The van der Waals surface area contributed by atoms with Crippen molar-refractivity contribution in [3.63, 3.8) is 0 Å². The predicted octanol–water partition coefficient (Wildman–Crippen LogP) is -0.576. The van der Waals surface area contributed by atoms with E-state index in [4.69, 9.17) is 19.3 Å². The van der Waals surface area contributed by atoms with Crippen LogP contribution in [-0.2, 0) is 19.0 Å². The predicted molar refractivity (Wildman–Crippen MR) is 40.8 cm³/mol. The van der Waals surface area contributed by atoms with E-state index in [0.717, 1.165) is 0 Å². The first-order valence-corrected chi connectivity index (χ1v) is 4.19. The number of carbonyl (C=O) groups excluding carboxylic acids is 1. The van der Waals surface area contributed by atoms with E-state index in [1.807, 2.05) is 0 Å². The summed E-state index contributed by atoms with van der Waals surface area (Å²) in [6, 6.07) is 0. The molecule has 0 aromatic rings. The van der Waals surface area contributed by atoms with Crippen molar-refractivity contribution in [3.05, 3.63) is 0 Å². The highest BCUT2D eigenvalue weighted by atomic mass is 16.8. The molecule has 0 aromatic carbocycles. The number of ketones is 1. The first-order chi connectivity index (χ1) is 6.03. The van der Waals surface area contributed by atoms with Crippen LogP contribution in [0.3, 0.4) is 0 Å². The van der Waals surface area contributed by atoms with Crippen LogP contribution in [0.2, 0.25) is 0 Å². The third-order valence-corrected chi connectivity index (χ3v) is 2.12. The van der Waals surface area contributed by atoms with Crippen molar-refractivity contribution in [2.75, 3.05) is 6.61 Å². The van der Waals surface area contributed by atoms with E-state index in [0.29, 0.717) is 0 Å². The van der Waals surface area contributed by atoms with Crippen molar-refractivity contribution in [2.45, 2.75) is 38.1 Å². The van der Waals surface area contributed by atoms with Gasteiger partial charge in [0.2, 0.25) is 0 Å². The van der Waals surface area contributed by atoms with Gasteiger partial charge in [0.1, 0.15) is 6.10 Å². The Balaban J connectivity index is 2.11. The Morgan fingerprint density at radius 3 is 2.69 bits per heavy atom. The zero-order valence-corrected chi connectivity index (χ0v) is 7.52. The first kappa shape index (κ1) is 9.08. The smallest absolute Gasteiger partial charge is 0.198 e. The quantitative estimate of drug-likeness (QED) is 0.596. The Bertz CT molecular complexity index is 237. The maximum Gasteiger partial charge on any atom is 0.198 e. The van der Waals surface area contributed by atoms with Crippen LogP contribution >= 0.6 is 0 Å². The van der Waals surface area contributed by atoms with Gasteiger partial charge in [-0.15, -0.1) is 0 Å². The molecule has 2 aliphatic rings. The molecule has 0 aliphatic carbocycles. The number of aliphatic hydroxyl groups is 1. The van der Waals surface area contributed by atoms with Crippen molar-refractivity contribution in [1.82, 2.24) is 0 Å². The summed E-state index contributed by atoms with van der Waals surface area (Å²) >= 11 is 0. The van der Waals surface area contributed by atoms with E-state index in [9.17, 15) is 4.79 Å². The molecule has 5 nitrogen and oxygen atoms in total. The molecule has 0 saturated carbocycles.